The predicted octanol–water partition coefficient (Wildman–Crippen LogP) is 2.53. The standard InChI is InChI=1S/C11H10BrN5O3/c1-6-4-7(12)2-3-8(6)20-11-9(17(18)19)10(16-13)14-5-15-11/h2-5H,13H2,1H3,(H,14,15,16). The van der Waals surface area contributed by atoms with Gasteiger partial charge in [0.25, 0.3) is 0 Å². The number of nitrogen functional groups attached to an aromatic ring is 1. The first-order chi connectivity index (χ1) is 9.52. The van der Waals surface area contributed by atoms with Gasteiger partial charge in [0.2, 0.25) is 5.82 Å². The van der Waals surface area contributed by atoms with Crippen LogP contribution in [0.2, 0.25) is 0 Å². The zero-order chi connectivity index (χ0) is 14.7. The molecule has 0 amide bonds. The topological polar surface area (TPSA) is 116 Å². The lowest BCUT2D eigenvalue weighted by Gasteiger charge is -2.09. The summed E-state index contributed by atoms with van der Waals surface area (Å²) in [5.41, 5.74) is 2.53. The van der Waals surface area contributed by atoms with E-state index in [4.69, 9.17) is 10.6 Å². The molecule has 1 aromatic heterocycles. The van der Waals surface area contributed by atoms with Gasteiger partial charge in [-0.3, -0.25) is 10.1 Å². The third kappa shape index (κ3) is 2.83. The van der Waals surface area contributed by atoms with E-state index in [0.717, 1.165) is 16.4 Å². The number of nitro groups is 1. The van der Waals surface area contributed by atoms with Crippen LogP contribution in [0.3, 0.4) is 0 Å². The zero-order valence-corrected chi connectivity index (χ0v) is 11.9. The number of ether oxygens (including phenoxy) is 1. The van der Waals surface area contributed by atoms with Crippen LogP contribution in [0, 0.1) is 17.0 Å². The molecule has 1 aromatic carbocycles. The van der Waals surface area contributed by atoms with E-state index < -0.39 is 10.6 Å². The lowest BCUT2D eigenvalue weighted by Crippen LogP contribution is -2.12. The maximum Gasteiger partial charge on any atom is 0.374 e. The van der Waals surface area contributed by atoms with Gasteiger partial charge in [-0.2, -0.15) is 4.98 Å². The lowest BCUT2D eigenvalue weighted by atomic mass is 10.2. The summed E-state index contributed by atoms with van der Waals surface area (Å²) in [4.78, 5) is 17.9. The molecule has 0 radical (unpaired) electrons. The minimum atomic E-state index is -0.654. The molecule has 0 saturated carbocycles. The van der Waals surface area contributed by atoms with Crippen molar-refractivity contribution in [3.63, 3.8) is 0 Å². The summed E-state index contributed by atoms with van der Waals surface area (Å²) in [5.74, 6) is 5.36. The molecule has 0 spiro atoms. The largest absolute Gasteiger partial charge is 0.433 e. The molecule has 0 atom stereocenters. The maximum absolute atomic E-state index is 11.1. The Balaban J connectivity index is 2.45. The Morgan fingerprint density at radius 3 is 2.80 bits per heavy atom. The number of benzene rings is 1. The number of aryl methyl sites for hydroxylation is 1. The van der Waals surface area contributed by atoms with E-state index >= 15 is 0 Å². The first-order valence-electron chi connectivity index (χ1n) is 5.43. The van der Waals surface area contributed by atoms with Crippen molar-refractivity contribution < 1.29 is 9.66 Å². The van der Waals surface area contributed by atoms with E-state index in [-0.39, 0.29) is 11.7 Å². The summed E-state index contributed by atoms with van der Waals surface area (Å²) in [7, 11) is 0. The van der Waals surface area contributed by atoms with Crippen LogP contribution >= 0.6 is 15.9 Å². The molecular formula is C11H10BrN5O3. The SMILES string of the molecule is Cc1cc(Br)ccc1Oc1ncnc(NN)c1[N+](=O)[O-]. The van der Waals surface area contributed by atoms with E-state index in [1.807, 2.05) is 13.0 Å². The third-order valence-electron chi connectivity index (χ3n) is 2.45. The van der Waals surface area contributed by atoms with Gasteiger partial charge in [-0.1, -0.05) is 15.9 Å². The number of rotatable bonds is 4. The molecule has 2 aromatic rings. The normalized spacial score (nSPS) is 10.2. The molecule has 0 bridgehead atoms. The second kappa shape index (κ2) is 5.80. The molecule has 0 aliphatic heterocycles. The van der Waals surface area contributed by atoms with Crippen molar-refractivity contribution in [1.29, 1.82) is 0 Å². The average Bonchev–Trinajstić information content (AvgIpc) is 2.41. The fraction of sp³-hybridized carbons (Fsp3) is 0.0909. The smallest absolute Gasteiger partial charge is 0.374 e. The van der Waals surface area contributed by atoms with Gasteiger partial charge < -0.3 is 10.2 Å². The summed E-state index contributed by atoms with van der Waals surface area (Å²) in [5, 5.41) is 11.1. The van der Waals surface area contributed by atoms with Crippen LogP contribution < -0.4 is 16.0 Å². The summed E-state index contributed by atoms with van der Waals surface area (Å²) in [6, 6.07) is 5.27. The molecule has 8 nitrogen and oxygen atoms in total. The monoisotopic (exact) mass is 339 g/mol. The second-order valence-corrected chi connectivity index (χ2v) is 4.71. The van der Waals surface area contributed by atoms with Crippen LogP contribution in [0.4, 0.5) is 11.5 Å². The molecule has 0 fully saturated rings. The number of aromatic nitrogens is 2. The number of hydrazine groups is 1. The summed E-state index contributed by atoms with van der Waals surface area (Å²) < 4.78 is 6.37. The molecule has 9 heteroatoms. The second-order valence-electron chi connectivity index (χ2n) is 3.79. The number of halogens is 1. The van der Waals surface area contributed by atoms with Gasteiger partial charge in [0.1, 0.15) is 12.1 Å². The van der Waals surface area contributed by atoms with Crippen molar-refractivity contribution in [3.05, 3.63) is 44.7 Å². The molecule has 104 valence electrons. The number of hydrogen-bond donors (Lipinski definition) is 2. The van der Waals surface area contributed by atoms with Crippen molar-refractivity contribution in [1.82, 2.24) is 9.97 Å². The number of nitrogens with one attached hydrogen (secondary N) is 1. The molecule has 2 rings (SSSR count). The molecule has 0 unspecified atom stereocenters. The molecule has 0 aliphatic carbocycles. The summed E-state index contributed by atoms with van der Waals surface area (Å²) >= 11 is 3.33. The Hall–Kier alpha value is -2.26. The van der Waals surface area contributed by atoms with E-state index in [2.05, 4.69) is 31.3 Å². The fourth-order valence-electron chi connectivity index (χ4n) is 1.54. The predicted molar refractivity (Wildman–Crippen MR) is 75.4 cm³/mol. The number of nitrogens with two attached hydrogens (primary N) is 1. The van der Waals surface area contributed by atoms with E-state index in [9.17, 15) is 10.1 Å². The van der Waals surface area contributed by atoms with Crippen LogP contribution in [0.5, 0.6) is 11.6 Å². The van der Waals surface area contributed by atoms with Gasteiger partial charge in [-0.15, -0.1) is 0 Å². The van der Waals surface area contributed by atoms with Gasteiger partial charge in [-0.05, 0) is 30.7 Å². The molecule has 20 heavy (non-hydrogen) atoms. The minimum Gasteiger partial charge on any atom is -0.433 e. The first-order valence-corrected chi connectivity index (χ1v) is 6.22. The number of nitrogens with zero attached hydrogens (tertiary/aromatic N) is 3. The Labute approximate surface area is 122 Å². The number of anilines is 1. The highest BCUT2D eigenvalue weighted by Gasteiger charge is 2.24. The summed E-state index contributed by atoms with van der Waals surface area (Å²) in [6.45, 7) is 1.81. The lowest BCUT2D eigenvalue weighted by molar-refractivity contribution is -0.385. The maximum atomic E-state index is 11.1. The van der Waals surface area contributed by atoms with E-state index in [1.54, 1.807) is 12.1 Å². The van der Waals surface area contributed by atoms with Crippen molar-refractivity contribution in [2.75, 3.05) is 5.43 Å². The van der Waals surface area contributed by atoms with Gasteiger partial charge in [0.05, 0.1) is 4.92 Å². The molecule has 1 heterocycles. The van der Waals surface area contributed by atoms with Crippen molar-refractivity contribution in [2.45, 2.75) is 6.92 Å². The van der Waals surface area contributed by atoms with Crippen molar-refractivity contribution in [2.24, 2.45) is 5.84 Å². The highest BCUT2D eigenvalue weighted by molar-refractivity contribution is 9.10. The van der Waals surface area contributed by atoms with Gasteiger partial charge in [0.15, 0.2) is 0 Å². The number of hydrogen-bond acceptors (Lipinski definition) is 7. The zero-order valence-electron chi connectivity index (χ0n) is 10.3. The van der Waals surface area contributed by atoms with Crippen molar-refractivity contribution in [3.8, 4) is 11.6 Å². The molecular weight excluding hydrogens is 330 g/mol. The molecule has 0 saturated heterocycles. The van der Waals surface area contributed by atoms with E-state index in [1.165, 1.54) is 0 Å². The Morgan fingerprint density at radius 2 is 2.20 bits per heavy atom. The highest BCUT2D eigenvalue weighted by Crippen LogP contribution is 2.35. The first kappa shape index (κ1) is 14.2. The quantitative estimate of drug-likeness (QED) is 0.499. The molecule has 3 N–H and O–H groups in total. The third-order valence-corrected chi connectivity index (χ3v) is 2.94. The van der Waals surface area contributed by atoms with Gasteiger partial charge >= 0.3 is 11.6 Å². The van der Waals surface area contributed by atoms with Crippen LogP contribution in [0.15, 0.2) is 29.0 Å². The van der Waals surface area contributed by atoms with Crippen LogP contribution in [0.1, 0.15) is 5.56 Å². The Kier molecular flexibility index (Phi) is 4.11. The van der Waals surface area contributed by atoms with E-state index in [0.29, 0.717) is 5.75 Å². The Morgan fingerprint density at radius 1 is 1.45 bits per heavy atom. The highest BCUT2D eigenvalue weighted by atomic mass is 79.9. The van der Waals surface area contributed by atoms with Crippen molar-refractivity contribution >= 4 is 27.4 Å². The van der Waals surface area contributed by atoms with Gasteiger partial charge in [0, 0.05) is 4.47 Å². The summed E-state index contributed by atoms with van der Waals surface area (Å²) in [6.07, 6.45) is 1.13. The average molecular weight is 340 g/mol. The van der Waals surface area contributed by atoms with Crippen LogP contribution in [-0.2, 0) is 0 Å². The Bertz CT molecular complexity index is 665. The van der Waals surface area contributed by atoms with Gasteiger partial charge in [-0.25, -0.2) is 10.8 Å². The minimum absolute atomic E-state index is 0.116. The van der Waals surface area contributed by atoms with Crippen LogP contribution in [0.25, 0.3) is 0 Å². The molecule has 0 aliphatic rings. The van der Waals surface area contributed by atoms with Crippen LogP contribution in [-0.4, -0.2) is 14.9 Å². The fourth-order valence-corrected chi connectivity index (χ4v) is 2.01.